The Labute approximate surface area is 87.5 Å². The van der Waals surface area contributed by atoms with Gasteiger partial charge in [0.1, 0.15) is 11.4 Å². The minimum Gasteiger partial charge on any atom is -0.461 e. The van der Waals surface area contributed by atoms with Gasteiger partial charge in [-0.25, -0.2) is 9.78 Å². The zero-order valence-corrected chi connectivity index (χ0v) is 9.09. The van der Waals surface area contributed by atoms with Gasteiger partial charge < -0.3 is 9.72 Å². The molecule has 0 atom stereocenters. The smallest absolute Gasteiger partial charge is 0.356 e. The third-order valence-electron chi connectivity index (χ3n) is 1.97. The zero-order chi connectivity index (χ0) is 11.4. The van der Waals surface area contributed by atoms with Crippen LogP contribution in [0.1, 0.15) is 35.7 Å². The van der Waals surface area contributed by atoms with Crippen molar-refractivity contribution in [2.24, 2.45) is 0 Å². The number of carbonyl (C=O) groups is 1. The van der Waals surface area contributed by atoms with Crippen LogP contribution >= 0.6 is 0 Å². The van der Waals surface area contributed by atoms with Gasteiger partial charge in [0.2, 0.25) is 0 Å². The number of hydrogen-bond acceptors (Lipinski definition) is 4. The lowest BCUT2D eigenvalue weighted by atomic mass is 10.2. The molecule has 0 amide bonds. The lowest BCUT2D eigenvalue weighted by Gasteiger charge is -2.06. The monoisotopic (exact) mass is 210 g/mol. The molecule has 0 aliphatic carbocycles. The molecule has 0 aromatic carbocycles. The van der Waals surface area contributed by atoms with Gasteiger partial charge in [-0.2, -0.15) is 0 Å². The fraction of sp³-hybridized carbons (Fsp3) is 0.500. The van der Waals surface area contributed by atoms with Crippen LogP contribution in [0, 0.1) is 6.92 Å². The van der Waals surface area contributed by atoms with E-state index >= 15 is 0 Å². The third kappa shape index (κ3) is 2.43. The maximum absolute atomic E-state index is 11.5. The number of ether oxygens (including phenoxy) is 1. The van der Waals surface area contributed by atoms with Gasteiger partial charge in [-0.05, 0) is 20.3 Å². The van der Waals surface area contributed by atoms with Crippen LogP contribution in [-0.2, 0) is 11.2 Å². The quantitative estimate of drug-likeness (QED) is 0.749. The Balaban J connectivity index is 3.21. The van der Waals surface area contributed by atoms with Crippen molar-refractivity contribution in [1.29, 1.82) is 0 Å². The first-order valence-corrected chi connectivity index (χ1v) is 4.87. The number of nitrogens with zero attached hydrogens (tertiary/aromatic N) is 1. The number of H-pyrrole nitrogens is 1. The summed E-state index contributed by atoms with van der Waals surface area (Å²) >= 11 is 0. The second-order valence-electron chi connectivity index (χ2n) is 3.05. The lowest BCUT2D eigenvalue weighted by Crippen LogP contribution is -2.21. The van der Waals surface area contributed by atoms with Crippen molar-refractivity contribution in [3.8, 4) is 0 Å². The van der Waals surface area contributed by atoms with Crippen molar-refractivity contribution in [2.45, 2.75) is 27.2 Å². The Morgan fingerprint density at radius 3 is 2.67 bits per heavy atom. The fourth-order valence-electron chi connectivity index (χ4n) is 1.21. The summed E-state index contributed by atoms with van der Waals surface area (Å²) in [6.45, 7) is 5.46. The molecule has 5 nitrogen and oxygen atoms in total. The molecule has 0 aliphatic heterocycles. The summed E-state index contributed by atoms with van der Waals surface area (Å²) in [5, 5.41) is 0. The molecule has 1 aromatic rings. The van der Waals surface area contributed by atoms with E-state index in [9.17, 15) is 9.59 Å². The van der Waals surface area contributed by atoms with Gasteiger partial charge in [0.05, 0.1) is 12.3 Å². The number of aromatic amines is 1. The lowest BCUT2D eigenvalue weighted by molar-refractivity contribution is 0.0517. The van der Waals surface area contributed by atoms with Gasteiger partial charge in [-0.3, -0.25) is 4.79 Å². The number of carbonyl (C=O) groups excluding carboxylic acids is 1. The van der Waals surface area contributed by atoms with Gasteiger partial charge in [-0.1, -0.05) is 6.92 Å². The number of esters is 1. The maximum atomic E-state index is 11.5. The minimum atomic E-state index is -0.529. The molecule has 0 unspecified atom stereocenters. The Morgan fingerprint density at radius 1 is 1.47 bits per heavy atom. The summed E-state index contributed by atoms with van der Waals surface area (Å²) in [4.78, 5) is 29.3. The topological polar surface area (TPSA) is 72.1 Å². The number of aryl methyl sites for hydroxylation is 2. The van der Waals surface area contributed by atoms with Crippen molar-refractivity contribution in [3.05, 3.63) is 27.4 Å². The van der Waals surface area contributed by atoms with Crippen LogP contribution in [0.5, 0.6) is 0 Å². The standard InChI is InChI=1S/C10H14N2O3/c1-4-7-8(10(14)15-5-2)12-9(13)6(3)11-7/h4-5H2,1-3H3,(H,12,13). The van der Waals surface area contributed by atoms with Crippen LogP contribution in [0.3, 0.4) is 0 Å². The van der Waals surface area contributed by atoms with Gasteiger partial charge in [0.25, 0.3) is 5.56 Å². The molecule has 0 fully saturated rings. The van der Waals surface area contributed by atoms with Crippen LogP contribution in [-0.4, -0.2) is 22.5 Å². The molecule has 0 bridgehead atoms. The first-order valence-electron chi connectivity index (χ1n) is 4.87. The molecule has 5 heteroatoms. The van der Waals surface area contributed by atoms with E-state index < -0.39 is 5.97 Å². The van der Waals surface area contributed by atoms with Crippen LogP contribution < -0.4 is 5.56 Å². The fourth-order valence-corrected chi connectivity index (χ4v) is 1.21. The Morgan fingerprint density at radius 2 is 2.13 bits per heavy atom. The summed E-state index contributed by atoms with van der Waals surface area (Å²) in [6.07, 6.45) is 0.575. The predicted octanol–water partition coefficient (Wildman–Crippen LogP) is 0.817. The average Bonchev–Trinajstić information content (AvgIpc) is 2.21. The molecule has 1 N–H and O–H groups in total. The van der Waals surface area contributed by atoms with Crippen LogP contribution in [0.15, 0.2) is 4.79 Å². The summed E-state index contributed by atoms with van der Waals surface area (Å²) in [5.41, 5.74) is 0.732. The van der Waals surface area contributed by atoms with E-state index in [4.69, 9.17) is 4.74 Å². The second-order valence-corrected chi connectivity index (χ2v) is 3.05. The van der Waals surface area contributed by atoms with E-state index in [1.54, 1.807) is 13.8 Å². The highest BCUT2D eigenvalue weighted by atomic mass is 16.5. The number of nitrogens with one attached hydrogen (secondary N) is 1. The van der Waals surface area contributed by atoms with Crippen LogP contribution in [0.2, 0.25) is 0 Å². The molecule has 1 aromatic heterocycles. The SMILES string of the molecule is CCOC(=O)c1[nH]c(=O)c(C)nc1CC. The predicted molar refractivity (Wildman–Crippen MR) is 54.9 cm³/mol. The zero-order valence-electron chi connectivity index (χ0n) is 9.09. The molecule has 1 rings (SSSR count). The molecule has 1 heterocycles. The van der Waals surface area contributed by atoms with Gasteiger partial charge in [-0.15, -0.1) is 0 Å². The highest BCUT2D eigenvalue weighted by Gasteiger charge is 2.15. The van der Waals surface area contributed by atoms with Crippen molar-refractivity contribution in [3.63, 3.8) is 0 Å². The molecular formula is C10H14N2O3. The van der Waals surface area contributed by atoms with E-state index in [1.807, 2.05) is 6.92 Å². The van der Waals surface area contributed by atoms with Gasteiger partial charge in [0, 0.05) is 0 Å². The van der Waals surface area contributed by atoms with Crippen LogP contribution in [0.25, 0.3) is 0 Å². The molecule has 0 saturated carbocycles. The Bertz CT molecular complexity index is 423. The number of hydrogen-bond donors (Lipinski definition) is 1. The summed E-state index contributed by atoms with van der Waals surface area (Å²) in [6, 6.07) is 0. The maximum Gasteiger partial charge on any atom is 0.356 e. The molecule has 0 radical (unpaired) electrons. The van der Waals surface area contributed by atoms with Crippen molar-refractivity contribution in [2.75, 3.05) is 6.61 Å². The summed E-state index contributed by atoms with van der Waals surface area (Å²) < 4.78 is 4.82. The van der Waals surface area contributed by atoms with Crippen molar-refractivity contribution < 1.29 is 9.53 Å². The van der Waals surface area contributed by atoms with Crippen molar-refractivity contribution >= 4 is 5.97 Å². The van der Waals surface area contributed by atoms with Gasteiger partial charge >= 0.3 is 5.97 Å². The first-order chi connectivity index (χ1) is 7.10. The highest BCUT2D eigenvalue weighted by Crippen LogP contribution is 2.04. The molecule has 82 valence electrons. The largest absolute Gasteiger partial charge is 0.461 e. The number of aromatic nitrogens is 2. The van der Waals surface area contributed by atoms with E-state index in [0.717, 1.165) is 0 Å². The minimum absolute atomic E-state index is 0.162. The van der Waals surface area contributed by atoms with E-state index in [1.165, 1.54) is 0 Å². The summed E-state index contributed by atoms with van der Waals surface area (Å²) in [7, 11) is 0. The van der Waals surface area contributed by atoms with Crippen molar-refractivity contribution in [1.82, 2.24) is 9.97 Å². The second kappa shape index (κ2) is 4.72. The molecule has 0 saturated heterocycles. The van der Waals surface area contributed by atoms with E-state index in [2.05, 4.69) is 9.97 Å². The molecule has 15 heavy (non-hydrogen) atoms. The Hall–Kier alpha value is -1.65. The Kier molecular flexibility index (Phi) is 3.60. The number of rotatable bonds is 3. The third-order valence-corrected chi connectivity index (χ3v) is 1.97. The normalized spacial score (nSPS) is 10.1. The van der Waals surface area contributed by atoms with Crippen LogP contribution in [0.4, 0.5) is 0 Å². The molecule has 0 aliphatic rings. The van der Waals surface area contributed by atoms with E-state index in [-0.39, 0.29) is 17.9 Å². The van der Waals surface area contributed by atoms with E-state index in [0.29, 0.717) is 17.8 Å². The first kappa shape index (κ1) is 11.4. The summed E-state index contributed by atoms with van der Waals surface area (Å²) in [5.74, 6) is -0.529. The average molecular weight is 210 g/mol. The molecule has 0 spiro atoms. The highest BCUT2D eigenvalue weighted by molar-refractivity contribution is 5.88. The molecular weight excluding hydrogens is 196 g/mol. The van der Waals surface area contributed by atoms with Gasteiger partial charge in [0.15, 0.2) is 0 Å².